The molecule has 1 fully saturated rings. The Labute approximate surface area is 159 Å². The van der Waals surface area contributed by atoms with Crippen molar-refractivity contribution >= 4 is 11.8 Å². The zero-order valence-corrected chi connectivity index (χ0v) is 15.3. The van der Waals surface area contributed by atoms with Gasteiger partial charge in [0.2, 0.25) is 5.69 Å². The van der Waals surface area contributed by atoms with Gasteiger partial charge in [0.05, 0.1) is 12.2 Å². The van der Waals surface area contributed by atoms with Gasteiger partial charge in [0.1, 0.15) is 17.7 Å². The third-order valence-electron chi connectivity index (χ3n) is 4.66. The van der Waals surface area contributed by atoms with Crippen molar-refractivity contribution in [3.8, 4) is 11.4 Å². The molecule has 28 heavy (non-hydrogen) atoms. The van der Waals surface area contributed by atoms with Gasteiger partial charge in [0.25, 0.3) is 0 Å². The molecule has 0 radical (unpaired) electrons. The third kappa shape index (κ3) is 2.98. The van der Waals surface area contributed by atoms with Gasteiger partial charge in [0, 0.05) is 11.5 Å². The number of aromatic nitrogens is 4. The van der Waals surface area contributed by atoms with E-state index in [1.54, 1.807) is 6.92 Å². The summed E-state index contributed by atoms with van der Waals surface area (Å²) in [6.45, 7) is 3.29. The summed E-state index contributed by atoms with van der Waals surface area (Å²) in [5, 5.41) is 10.1. The fourth-order valence-electron chi connectivity index (χ4n) is 3.07. The maximum absolute atomic E-state index is 14.9. The lowest BCUT2D eigenvalue weighted by Gasteiger charge is -2.09. The van der Waals surface area contributed by atoms with Crippen LogP contribution in [0.3, 0.4) is 0 Å². The number of hydrogen-bond donors (Lipinski definition) is 1. The summed E-state index contributed by atoms with van der Waals surface area (Å²) in [7, 11) is 0. The first-order valence-electron chi connectivity index (χ1n) is 8.89. The highest BCUT2D eigenvalue weighted by Crippen LogP contribution is 2.43. The van der Waals surface area contributed by atoms with Crippen LogP contribution in [-0.2, 0) is 4.74 Å². The molecule has 1 N–H and O–H groups in total. The van der Waals surface area contributed by atoms with Crippen molar-refractivity contribution in [2.45, 2.75) is 32.6 Å². The number of ether oxygens (including phenoxy) is 1. The molecule has 1 aliphatic rings. The van der Waals surface area contributed by atoms with Gasteiger partial charge >= 0.3 is 5.97 Å². The molecule has 0 saturated heterocycles. The molecule has 1 aliphatic carbocycles. The van der Waals surface area contributed by atoms with Crippen LogP contribution in [0.1, 0.15) is 63.4 Å². The predicted octanol–water partition coefficient (Wildman–Crippen LogP) is 3.19. The van der Waals surface area contributed by atoms with Gasteiger partial charge in [-0.05, 0) is 44.4 Å². The largest absolute Gasteiger partial charge is 0.461 e. The van der Waals surface area contributed by atoms with Crippen LogP contribution in [0.15, 0.2) is 23.0 Å². The highest BCUT2D eigenvalue weighted by molar-refractivity contribution is 6.15. The molecule has 2 heterocycles. The van der Waals surface area contributed by atoms with Crippen molar-refractivity contribution in [1.29, 1.82) is 0 Å². The number of nitrogens with zero attached hydrogens (tertiary/aromatic N) is 3. The summed E-state index contributed by atoms with van der Waals surface area (Å²) < 4.78 is 25.2. The number of H-pyrrole nitrogens is 1. The molecular weight excluding hydrogens is 367 g/mol. The van der Waals surface area contributed by atoms with E-state index in [1.807, 2.05) is 0 Å². The summed E-state index contributed by atoms with van der Waals surface area (Å²) in [5.74, 6) is -1.20. The van der Waals surface area contributed by atoms with Crippen LogP contribution >= 0.6 is 0 Å². The Morgan fingerprint density at radius 3 is 2.79 bits per heavy atom. The average Bonchev–Trinajstić information content (AvgIpc) is 3.19. The maximum Gasteiger partial charge on any atom is 0.361 e. The van der Waals surface area contributed by atoms with E-state index in [2.05, 4.69) is 20.3 Å². The second-order valence-corrected chi connectivity index (χ2v) is 6.53. The van der Waals surface area contributed by atoms with Gasteiger partial charge in [-0.2, -0.15) is 5.10 Å². The van der Waals surface area contributed by atoms with Crippen molar-refractivity contribution in [3.63, 3.8) is 0 Å². The zero-order valence-electron chi connectivity index (χ0n) is 15.3. The summed E-state index contributed by atoms with van der Waals surface area (Å²) in [5.41, 5.74) is 0.335. The van der Waals surface area contributed by atoms with E-state index in [1.165, 1.54) is 25.4 Å². The number of ketones is 1. The highest BCUT2D eigenvalue weighted by Gasteiger charge is 2.38. The molecule has 1 aromatic carbocycles. The third-order valence-corrected chi connectivity index (χ3v) is 4.66. The second-order valence-electron chi connectivity index (χ2n) is 6.53. The maximum atomic E-state index is 14.9. The molecule has 1 saturated carbocycles. The van der Waals surface area contributed by atoms with Crippen LogP contribution in [0.4, 0.5) is 4.39 Å². The van der Waals surface area contributed by atoms with Gasteiger partial charge < -0.3 is 9.26 Å². The predicted molar refractivity (Wildman–Crippen MR) is 94.4 cm³/mol. The van der Waals surface area contributed by atoms with E-state index >= 15 is 0 Å². The smallest absolute Gasteiger partial charge is 0.361 e. The van der Waals surface area contributed by atoms with E-state index in [9.17, 15) is 14.0 Å². The standard InChI is InChI=1S/C19H17FN4O4/c1-3-27-19(26)15-13(17(28-24-15)10-4-5-10)16(25)11-6-7-12(14(20)9(11)2)18-21-8-22-23-18/h6-8,10H,3-5H2,1-2H3,(H,21,22,23). The summed E-state index contributed by atoms with van der Waals surface area (Å²) in [6, 6.07) is 2.95. The molecule has 8 nitrogen and oxygen atoms in total. The van der Waals surface area contributed by atoms with E-state index in [0.717, 1.165) is 12.8 Å². The first-order valence-corrected chi connectivity index (χ1v) is 8.89. The van der Waals surface area contributed by atoms with E-state index in [4.69, 9.17) is 9.26 Å². The normalized spacial score (nSPS) is 13.5. The zero-order chi connectivity index (χ0) is 19.8. The molecule has 0 unspecified atom stereocenters. The van der Waals surface area contributed by atoms with Crippen molar-refractivity contribution in [2.75, 3.05) is 6.61 Å². The lowest BCUT2D eigenvalue weighted by molar-refractivity contribution is 0.0512. The van der Waals surface area contributed by atoms with Crippen molar-refractivity contribution in [1.82, 2.24) is 20.3 Å². The number of carbonyl (C=O) groups excluding carboxylic acids is 2. The molecule has 0 spiro atoms. The first-order chi connectivity index (χ1) is 13.5. The number of esters is 1. The molecule has 2 aromatic heterocycles. The van der Waals surface area contributed by atoms with Crippen molar-refractivity contribution in [3.05, 3.63) is 52.4 Å². The Bertz CT molecular complexity index is 1050. The minimum atomic E-state index is -0.738. The number of rotatable bonds is 6. The van der Waals surface area contributed by atoms with Crippen LogP contribution in [0.5, 0.6) is 0 Å². The van der Waals surface area contributed by atoms with Crippen LogP contribution in [0.2, 0.25) is 0 Å². The highest BCUT2D eigenvalue weighted by atomic mass is 19.1. The van der Waals surface area contributed by atoms with E-state index in [-0.39, 0.29) is 46.3 Å². The number of nitrogens with one attached hydrogen (secondary N) is 1. The second kappa shape index (κ2) is 6.99. The SMILES string of the molecule is CCOC(=O)c1noc(C2CC2)c1C(=O)c1ccc(-c2ncn[nH]2)c(F)c1C. The van der Waals surface area contributed by atoms with Gasteiger partial charge in [-0.25, -0.2) is 14.2 Å². The average molecular weight is 384 g/mol. The van der Waals surface area contributed by atoms with E-state index in [0.29, 0.717) is 5.76 Å². The minimum absolute atomic E-state index is 0.0354. The van der Waals surface area contributed by atoms with Crippen molar-refractivity contribution < 1.29 is 23.2 Å². The first kappa shape index (κ1) is 18.0. The number of hydrogen-bond acceptors (Lipinski definition) is 7. The van der Waals surface area contributed by atoms with Crippen LogP contribution < -0.4 is 0 Å². The molecule has 144 valence electrons. The quantitative estimate of drug-likeness (QED) is 0.513. The molecular formula is C19H17FN4O4. The minimum Gasteiger partial charge on any atom is -0.461 e. The van der Waals surface area contributed by atoms with Gasteiger partial charge in [0.15, 0.2) is 17.4 Å². The summed E-state index contributed by atoms with van der Waals surface area (Å²) in [6.07, 6.45) is 2.96. The van der Waals surface area contributed by atoms with Gasteiger partial charge in [-0.15, -0.1) is 0 Å². The molecule has 0 aliphatic heterocycles. The van der Waals surface area contributed by atoms with Crippen LogP contribution in [0.25, 0.3) is 11.4 Å². The monoisotopic (exact) mass is 384 g/mol. The van der Waals surface area contributed by atoms with E-state index < -0.39 is 17.6 Å². The van der Waals surface area contributed by atoms with Gasteiger partial charge in [-0.1, -0.05) is 5.16 Å². The molecule has 9 heteroatoms. The Morgan fingerprint density at radius 2 is 2.14 bits per heavy atom. The van der Waals surface area contributed by atoms with Gasteiger partial charge in [-0.3, -0.25) is 9.89 Å². The fraction of sp³-hybridized carbons (Fsp3) is 0.316. The van der Waals surface area contributed by atoms with Crippen molar-refractivity contribution in [2.24, 2.45) is 0 Å². The lowest BCUT2D eigenvalue weighted by atomic mass is 9.94. The summed E-state index contributed by atoms with van der Waals surface area (Å²) in [4.78, 5) is 29.4. The van der Waals surface area contributed by atoms with Crippen LogP contribution in [-0.4, -0.2) is 38.7 Å². The lowest BCUT2D eigenvalue weighted by Crippen LogP contribution is -2.14. The Hall–Kier alpha value is -3.36. The van der Waals surface area contributed by atoms with Crippen LogP contribution in [0, 0.1) is 12.7 Å². The number of halogens is 1. The molecule has 4 rings (SSSR count). The number of benzene rings is 1. The number of carbonyl (C=O) groups is 2. The number of aromatic amines is 1. The fourth-order valence-corrected chi connectivity index (χ4v) is 3.07. The topological polar surface area (TPSA) is 111 Å². The molecule has 0 atom stereocenters. The Kier molecular flexibility index (Phi) is 4.50. The Morgan fingerprint density at radius 1 is 1.36 bits per heavy atom. The Balaban J connectivity index is 1.79. The molecule has 3 aromatic rings. The summed E-state index contributed by atoms with van der Waals surface area (Å²) >= 11 is 0. The molecule has 0 bridgehead atoms. The molecule has 0 amide bonds.